The Morgan fingerprint density at radius 1 is 0.923 bits per heavy atom. The number of thiophene rings is 1. The van der Waals surface area contributed by atoms with Crippen molar-refractivity contribution in [3.05, 3.63) is 59.0 Å². The molecular weight excluding hydrogens is 510 g/mol. The van der Waals surface area contributed by atoms with E-state index in [-0.39, 0.29) is 24.1 Å². The number of fused-ring (bicyclic) bond motifs is 1. The molecule has 0 saturated carbocycles. The van der Waals surface area contributed by atoms with Crippen molar-refractivity contribution < 1.29 is 19.1 Å². The summed E-state index contributed by atoms with van der Waals surface area (Å²) >= 11 is 1.50. The first kappa shape index (κ1) is 27.3. The molecule has 7 nitrogen and oxygen atoms in total. The van der Waals surface area contributed by atoms with Crippen LogP contribution in [0.5, 0.6) is 5.75 Å². The van der Waals surface area contributed by atoms with Crippen molar-refractivity contribution in [1.29, 1.82) is 0 Å². The smallest absolute Gasteiger partial charge is 0.410 e. The number of rotatable bonds is 5. The first-order valence-electron chi connectivity index (χ1n) is 13.9. The zero-order valence-corrected chi connectivity index (χ0v) is 24.2. The van der Waals surface area contributed by atoms with E-state index in [1.165, 1.54) is 22.6 Å². The minimum Gasteiger partial charge on any atom is -0.490 e. The van der Waals surface area contributed by atoms with Crippen LogP contribution in [0.1, 0.15) is 61.7 Å². The van der Waals surface area contributed by atoms with E-state index in [0.29, 0.717) is 18.0 Å². The van der Waals surface area contributed by atoms with Gasteiger partial charge in [0.25, 0.3) is 5.91 Å². The Hall–Kier alpha value is -3.26. The van der Waals surface area contributed by atoms with Gasteiger partial charge in [-0.25, -0.2) is 4.79 Å². The van der Waals surface area contributed by atoms with Crippen molar-refractivity contribution in [3.8, 4) is 5.75 Å². The molecule has 1 N–H and O–H groups in total. The van der Waals surface area contributed by atoms with Gasteiger partial charge in [-0.2, -0.15) is 0 Å². The number of benzene rings is 2. The molecule has 0 bridgehead atoms. The highest BCUT2D eigenvalue weighted by molar-refractivity contribution is 7.20. The fourth-order valence-electron chi connectivity index (χ4n) is 5.18. The van der Waals surface area contributed by atoms with Crippen LogP contribution in [0.15, 0.2) is 48.5 Å². The molecule has 39 heavy (non-hydrogen) atoms. The number of carbonyl (C=O) groups is 2. The number of ether oxygens (including phenoxy) is 2. The summed E-state index contributed by atoms with van der Waals surface area (Å²) in [6.45, 7) is 10.8. The second kappa shape index (κ2) is 11.5. The Morgan fingerprint density at radius 2 is 1.62 bits per heavy atom. The Labute approximate surface area is 235 Å². The molecule has 2 saturated heterocycles. The van der Waals surface area contributed by atoms with Crippen molar-refractivity contribution in [2.45, 2.75) is 71.1 Å². The highest BCUT2D eigenvalue weighted by atomic mass is 32.1. The van der Waals surface area contributed by atoms with E-state index >= 15 is 0 Å². The highest BCUT2D eigenvalue weighted by Gasteiger charge is 2.28. The minimum atomic E-state index is -0.506. The van der Waals surface area contributed by atoms with Crippen LogP contribution in [-0.4, -0.2) is 60.8 Å². The van der Waals surface area contributed by atoms with E-state index in [2.05, 4.69) is 41.4 Å². The summed E-state index contributed by atoms with van der Waals surface area (Å²) in [7, 11) is 0. The zero-order valence-electron chi connectivity index (χ0n) is 23.4. The van der Waals surface area contributed by atoms with Gasteiger partial charge in [0.05, 0.1) is 4.88 Å². The predicted octanol–water partition coefficient (Wildman–Crippen LogP) is 6.39. The van der Waals surface area contributed by atoms with Crippen molar-refractivity contribution in [2.75, 3.05) is 31.1 Å². The van der Waals surface area contributed by atoms with Gasteiger partial charge in [0.1, 0.15) is 17.5 Å². The van der Waals surface area contributed by atoms with Crippen LogP contribution in [0.3, 0.4) is 0 Å². The molecule has 3 heterocycles. The van der Waals surface area contributed by atoms with Gasteiger partial charge in [-0.3, -0.25) is 4.79 Å². The van der Waals surface area contributed by atoms with E-state index in [4.69, 9.17) is 9.47 Å². The largest absolute Gasteiger partial charge is 0.490 e. The average molecular weight is 550 g/mol. The van der Waals surface area contributed by atoms with Crippen molar-refractivity contribution in [2.24, 2.45) is 0 Å². The molecule has 0 spiro atoms. The highest BCUT2D eigenvalue weighted by Crippen LogP contribution is 2.31. The lowest BCUT2D eigenvalue weighted by atomic mass is 10.1. The number of hydrogen-bond donors (Lipinski definition) is 1. The summed E-state index contributed by atoms with van der Waals surface area (Å²) in [6.07, 6.45) is 3.31. The summed E-state index contributed by atoms with van der Waals surface area (Å²) in [5, 5.41) is 4.19. The summed E-state index contributed by atoms with van der Waals surface area (Å²) in [5.74, 6) is 0.799. The molecule has 5 rings (SSSR count). The van der Waals surface area contributed by atoms with E-state index < -0.39 is 5.60 Å². The van der Waals surface area contributed by atoms with Crippen LogP contribution in [0.2, 0.25) is 0 Å². The van der Waals surface area contributed by atoms with E-state index in [9.17, 15) is 9.59 Å². The molecule has 2 aliphatic heterocycles. The Bertz CT molecular complexity index is 1300. The summed E-state index contributed by atoms with van der Waals surface area (Å²) in [6, 6.07) is 16.8. The molecule has 2 aliphatic rings. The molecule has 0 radical (unpaired) electrons. The number of hydrogen-bond acceptors (Lipinski definition) is 6. The maximum atomic E-state index is 13.0. The number of likely N-dealkylation sites (tertiary alicyclic amines) is 1. The number of piperidine rings is 2. The first-order chi connectivity index (χ1) is 18.6. The molecule has 2 amide bonds. The molecule has 0 aliphatic carbocycles. The summed E-state index contributed by atoms with van der Waals surface area (Å²) in [5.41, 5.74) is 2.05. The number of nitrogens with zero attached hydrogens (tertiary/aromatic N) is 2. The lowest BCUT2D eigenvalue weighted by molar-refractivity contribution is 0.0199. The maximum Gasteiger partial charge on any atom is 0.410 e. The lowest BCUT2D eigenvalue weighted by Gasteiger charge is -2.33. The van der Waals surface area contributed by atoms with Gasteiger partial charge in [0.15, 0.2) is 0 Å². The second-order valence-corrected chi connectivity index (χ2v) is 12.7. The third-order valence-corrected chi connectivity index (χ3v) is 8.45. The van der Waals surface area contributed by atoms with Gasteiger partial charge in [0, 0.05) is 55.4 Å². The van der Waals surface area contributed by atoms with Crippen LogP contribution in [0.4, 0.5) is 10.5 Å². The molecule has 208 valence electrons. The standard InChI is InChI=1S/C31H39N3O4S/c1-21-5-7-24(8-6-21)33-17-13-25(14-18-33)37-26-9-10-27-22(19-26)20-28(39-27)29(35)32-23-11-15-34(16-12-23)30(36)38-31(2,3)4/h5-10,19-20,23,25H,11-18H2,1-4H3,(H,32,35). The quantitative estimate of drug-likeness (QED) is 0.400. The zero-order chi connectivity index (χ0) is 27.6. The monoisotopic (exact) mass is 549 g/mol. The molecular formula is C31H39N3O4S. The lowest BCUT2D eigenvalue weighted by Crippen LogP contribution is -2.47. The van der Waals surface area contributed by atoms with Crippen LogP contribution in [-0.2, 0) is 4.74 Å². The van der Waals surface area contributed by atoms with Gasteiger partial charge in [0.2, 0.25) is 0 Å². The van der Waals surface area contributed by atoms with Gasteiger partial charge in [-0.05, 0) is 82.3 Å². The average Bonchev–Trinajstić information content (AvgIpc) is 3.33. The summed E-state index contributed by atoms with van der Waals surface area (Å²) < 4.78 is 12.9. The topological polar surface area (TPSA) is 71.1 Å². The molecule has 3 aromatic rings. The van der Waals surface area contributed by atoms with E-state index in [1.54, 1.807) is 4.90 Å². The Kier molecular flexibility index (Phi) is 8.03. The van der Waals surface area contributed by atoms with Crippen molar-refractivity contribution in [1.82, 2.24) is 10.2 Å². The number of aryl methyl sites for hydroxylation is 1. The Morgan fingerprint density at radius 3 is 2.28 bits per heavy atom. The van der Waals surface area contributed by atoms with Gasteiger partial charge < -0.3 is 24.6 Å². The predicted molar refractivity (Wildman–Crippen MR) is 157 cm³/mol. The van der Waals surface area contributed by atoms with Gasteiger partial charge in [-0.1, -0.05) is 17.7 Å². The Balaban J connectivity index is 1.12. The second-order valence-electron chi connectivity index (χ2n) is 11.7. The third-order valence-electron chi connectivity index (χ3n) is 7.34. The van der Waals surface area contributed by atoms with Crippen LogP contribution in [0, 0.1) is 6.92 Å². The fourth-order valence-corrected chi connectivity index (χ4v) is 6.12. The molecule has 1 aromatic heterocycles. The van der Waals surface area contributed by atoms with Crippen LogP contribution < -0.4 is 15.0 Å². The number of nitrogens with one attached hydrogen (secondary N) is 1. The van der Waals surface area contributed by atoms with Gasteiger partial charge >= 0.3 is 6.09 Å². The van der Waals surface area contributed by atoms with E-state index in [0.717, 1.165) is 54.6 Å². The van der Waals surface area contributed by atoms with E-state index in [1.807, 2.05) is 45.0 Å². The molecule has 8 heteroatoms. The van der Waals surface area contributed by atoms with Crippen LogP contribution in [0.25, 0.3) is 10.1 Å². The fraction of sp³-hybridized carbons (Fsp3) is 0.484. The van der Waals surface area contributed by atoms with Crippen molar-refractivity contribution >= 4 is 39.1 Å². The molecule has 2 aromatic carbocycles. The molecule has 0 unspecified atom stereocenters. The molecule has 0 atom stereocenters. The van der Waals surface area contributed by atoms with Crippen molar-refractivity contribution in [3.63, 3.8) is 0 Å². The minimum absolute atomic E-state index is 0.0473. The molecule has 2 fully saturated rings. The van der Waals surface area contributed by atoms with Crippen LogP contribution >= 0.6 is 11.3 Å². The normalized spacial score (nSPS) is 17.3. The number of anilines is 1. The maximum absolute atomic E-state index is 13.0. The number of amides is 2. The summed E-state index contributed by atoms with van der Waals surface area (Å²) in [4.78, 5) is 30.2. The first-order valence-corrected chi connectivity index (χ1v) is 14.8. The number of carbonyl (C=O) groups excluding carboxylic acids is 2. The SMILES string of the molecule is Cc1ccc(N2CCC(Oc3ccc4sc(C(=O)NC5CCN(C(=O)OC(C)(C)C)CC5)cc4c3)CC2)cc1. The third kappa shape index (κ3) is 7.04. The van der Waals surface area contributed by atoms with Gasteiger partial charge in [-0.15, -0.1) is 11.3 Å².